The van der Waals surface area contributed by atoms with Crippen molar-refractivity contribution in [2.75, 3.05) is 0 Å². The van der Waals surface area contributed by atoms with Crippen LogP contribution in [0.1, 0.15) is 38.5 Å². The Bertz CT molecular complexity index is 174. The Kier molecular flexibility index (Phi) is 1.37. The van der Waals surface area contributed by atoms with Crippen molar-refractivity contribution in [1.29, 1.82) is 0 Å². The average molecular weight is 153 g/mol. The third-order valence-corrected chi connectivity index (χ3v) is 3.31. The van der Waals surface area contributed by atoms with Gasteiger partial charge in [-0.2, -0.15) is 0 Å². The Morgan fingerprint density at radius 3 is 2.18 bits per heavy atom. The van der Waals surface area contributed by atoms with Gasteiger partial charge in [-0.25, -0.2) is 0 Å². The second kappa shape index (κ2) is 2.07. The van der Waals surface area contributed by atoms with Crippen LogP contribution in [0.3, 0.4) is 0 Å². The van der Waals surface area contributed by atoms with Crippen molar-refractivity contribution in [3.8, 4) is 0 Å². The lowest BCUT2D eigenvalue weighted by Gasteiger charge is -2.50. The number of nitrogens with two attached hydrogens (primary N) is 1. The molecule has 0 radical (unpaired) electrons. The molecule has 0 unspecified atom stereocenters. The normalized spacial score (nSPS) is 31.7. The SMILES string of the molecule is NC1(C=O)CC2(CCCC2)C1. The number of hydrogen-bond acceptors (Lipinski definition) is 2. The van der Waals surface area contributed by atoms with E-state index in [0.717, 1.165) is 19.1 Å². The van der Waals surface area contributed by atoms with Crippen LogP contribution in [0.15, 0.2) is 0 Å². The molecule has 0 aliphatic heterocycles. The lowest BCUT2D eigenvalue weighted by atomic mass is 9.57. The van der Waals surface area contributed by atoms with Gasteiger partial charge in [-0.3, -0.25) is 0 Å². The van der Waals surface area contributed by atoms with Gasteiger partial charge < -0.3 is 10.5 Å². The zero-order valence-electron chi connectivity index (χ0n) is 6.81. The molecule has 0 aromatic rings. The minimum atomic E-state index is -0.440. The number of carbonyl (C=O) groups excluding carboxylic acids is 1. The van der Waals surface area contributed by atoms with Crippen LogP contribution in [-0.2, 0) is 4.79 Å². The van der Waals surface area contributed by atoms with E-state index >= 15 is 0 Å². The standard InChI is InChI=1S/C9H15NO/c10-9(7-11)5-8(6-9)3-1-2-4-8/h7H,1-6,10H2. The second-order valence-corrected chi connectivity index (χ2v) is 4.41. The Labute approximate surface area is 67.1 Å². The largest absolute Gasteiger partial charge is 0.319 e. The van der Waals surface area contributed by atoms with Gasteiger partial charge in [0.25, 0.3) is 0 Å². The van der Waals surface area contributed by atoms with E-state index in [-0.39, 0.29) is 0 Å². The molecule has 0 amide bonds. The fourth-order valence-corrected chi connectivity index (χ4v) is 2.91. The van der Waals surface area contributed by atoms with E-state index < -0.39 is 5.54 Å². The van der Waals surface area contributed by atoms with Crippen molar-refractivity contribution >= 4 is 6.29 Å². The molecule has 0 bridgehead atoms. The highest BCUT2D eigenvalue weighted by molar-refractivity contribution is 5.66. The van der Waals surface area contributed by atoms with Crippen molar-refractivity contribution < 1.29 is 4.79 Å². The lowest BCUT2D eigenvalue weighted by Crippen LogP contribution is -2.58. The molecule has 2 fully saturated rings. The monoisotopic (exact) mass is 153 g/mol. The number of hydrogen-bond donors (Lipinski definition) is 1. The number of aldehydes is 1. The predicted molar refractivity (Wildman–Crippen MR) is 43.1 cm³/mol. The van der Waals surface area contributed by atoms with Crippen molar-refractivity contribution in [3.63, 3.8) is 0 Å². The third kappa shape index (κ3) is 1.00. The van der Waals surface area contributed by atoms with E-state index in [9.17, 15) is 4.79 Å². The maximum absolute atomic E-state index is 10.5. The molecular formula is C9H15NO. The topological polar surface area (TPSA) is 43.1 Å². The molecule has 2 heteroatoms. The van der Waals surface area contributed by atoms with Crippen molar-refractivity contribution in [1.82, 2.24) is 0 Å². The first-order valence-electron chi connectivity index (χ1n) is 4.43. The minimum absolute atomic E-state index is 0.440. The van der Waals surface area contributed by atoms with E-state index in [1.165, 1.54) is 25.7 Å². The van der Waals surface area contributed by atoms with Gasteiger partial charge in [-0.1, -0.05) is 12.8 Å². The van der Waals surface area contributed by atoms with E-state index in [4.69, 9.17) is 5.73 Å². The number of carbonyl (C=O) groups is 1. The average Bonchev–Trinajstić information content (AvgIpc) is 2.35. The van der Waals surface area contributed by atoms with Gasteiger partial charge in [0.2, 0.25) is 0 Å². The molecule has 0 aromatic carbocycles. The molecule has 11 heavy (non-hydrogen) atoms. The molecule has 2 saturated carbocycles. The maximum atomic E-state index is 10.5. The van der Waals surface area contributed by atoms with Gasteiger partial charge in [-0.05, 0) is 31.1 Å². The molecule has 0 saturated heterocycles. The van der Waals surface area contributed by atoms with E-state index in [0.29, 0.717) is 5.41 Å². The highest BCUT2D eigenvalue weighted by Crippen LogP contribution is 2.56. The molecule has 0 heterocycles. The molecule has 0 atom stereocenters. The van der Waals surface area contributed by atoms with Crippen molar-refractivity contribution in [2.24, 2.45) is 11.1 Å². The summed E-state index contributed by atoms with van der Waals surface area (Å²) in [5.74, 6) is 0. The van der Waals surface area contributed by atoms with Gasteiger partial charge >= 0.3 is 0 Å². The van der Waals surface area contributed by atoms with Crippen LogP contribution in [0.2, 0.25) is 0 Å². The third-order valence-electron chi connectivity index (χ3n) is 3.31. The fourth-order valence-electron chi connectivity index (χ4n) is 2.91. The smallest absolute Gasteiger partial charge is 0.139 e. The van der Waals surface area contributed by atoms with Gasteiger partial charge in [0, 0.05) is 0 Å². The molecule has 1 spiro atoms. The van der Waals surface area contributed by atoms with Gasteiger partial charge in [0.15, 0.2) is 0 Å². The van der Waals surface area contributed by atoms with Crippen molar-refractivity contribution in [3.05, 3.63) is 0 Å². The summed E-state index contributed by atoms with van der Waals surface area (Å²) in [6.07, 6.45) is 8.13. The Morgan fingerprint density at radius 2 is 1.73 bits per heavy atom. The van der Waals surface area contributed by atoms with E-state index in [2.05, 4.69) is 0 Å². The first kappa shape index (κ1) is 7.29. The highest BCUT2D eigenvalue weighted by atomic mass is 16.1. The second-order valence-electron chi connectivity index (χ2n) is 4.41. The summed E-state index contributed by atoms with van der Waals surface area (Å²) in [4.78, 5) is 10.5. The molecule has 0 aromatic heterocycles. The van der Waals surface area contributed by atoms with Crippen LogP contribution in [0.25, 0.3) is 0 Å². The van der Waals surface area contributed by atoms with Gasteiger partial charge in [0.1, 0.15) is 6.29 Å². The first-order chi connectivity index (χ1) is 5.18. The predicted octanol–water partition coefficient (Wildman–Crippen LogP) is 1.24. The highest BCUT2D eigenvalue weighted by Gasteiger charge is 2.53. The van der Waals surface area contributed by atoms with E-state index in [1.807, 2.05) is 0 Å². The molecule has 62 valence electrons. The molecule has 2 aliphatic carbocycles. The summed E-state index contributed by atoms with van der Waals surface area (Å²) in [6, 6.07) is 0. The molecule has 2 aliphatic rings. The van der Waals surface area contributed by atoms with Crippen LogP contribution in [0.5, 0.6) is 0 Å². The first-order valence-corrected chi connectivity index (χ1v) is 4.43. The van der Waals surface area contributed by atoms with Crippen LogP contribution < -0.4 is 5.73 Å². The summed E-state index contributed by atoms with van der Waals surface area (Å²) in [5, 5.41) is 0. The zero-order valence-corrected chi connectivity index (χ0v) is 6.81. The Balaban J connectivity index is 2.00. The summed E-state index contributed by atoms with van der Waals surface area (Å²) < 4.78 is 0. The van der Waals surface area contributed by atoms with Crippen molar-refractivity contribution in [2.45, 2.75) is 44.1 Å². The summed E-state index contributed by atoms with van der Waals surface area (Å²) in [7, 11) is 0. The van der Waals surface area contributed by atoms with Crippen LogP contribution >= 0.6 is 0 Å². The van der Waals surface area contributed by atoms with Crippen LogP contribution in [0, 0.1) is 5.41 Å². The summed E-state index contributed by atoms with van der Waals surface area (Å²) in [5.41, 5.74) is 5.84. The van der Waals surface area contributed by atoms with Crippen LogP contribution in [-0.4, -0.2) is 11.8 Å². The zero-order chi connectivity index (χ0) is 7.95. The molecule has 2 N–H and O–H groups in total. The fraction of sp³-hybridized carbons (Fsp3) is 0.889. The minimum Gasteiger partial charge on any atom is -0.319 e. The van der Waals surface area contributed by atoms with Gasteiger partial charge in [-0.15, -0.1) is 0 Å². The molecule has 2 nitrogen and oxygen atoms in total. The van der Waals surface area contributed by atoms with Gasteiger partial charge in [0.05, 0.1) is 5.54 Å². The summed E-state index contributed by atoms with van der Waals surface area (Å²) >= 11 is 0. The quantitative estimate of drug-likeness (QED) is 0.576. The summed E-state index contributed by atoms with van der Waals surface area (Å²) in [6.45, 7) is 0. The van der Waals surface area contributed by atoms with Crippen LogP contribution in [0.4, 0.5) is 0 Å². The number of rotatable bonds is 1. The molecular weight excluding hydrogens is 138 g/mol. The lowest BCUT2D eigenvalue weighted by molar-refractivity contribution is -0.120. The van der Waals surface area contributed by atoms with E-state index in [1.54, 1.807) is 0 Å². The molecule has 2 rings (SSSR count). The Hall–Kier alpha value is -0.370. The Morgan fingerprint density at radius 1 is 1.18 bits per heavy atom. The maximum Gasteiger partial charge on any atom is 0.139 e.